The molecule has 0 rings (SSSR count). The first-order chi connectivity index (χ1) is 5.00. The highest BCUT2D eigenvalue weighted by Crippen LogP contribution is 3.09. The Morgan fingerprint density at radius 3 is 1.45 bits per heavy atom. The summed E-state index contributed by atoms with van der Waals surface area (Å²) in [5, 5.41) is 0. The van der Waals surface area contributed by atoms with Crippen molar-refractivity contribution in [3.63, 3.8) is 0 Å². The lowest BCUT2D eigenvalue weighted by Gasteiger charge is -2.23. The quantitative estimate of drug-likeness (QED) is 0.592. The third-order valence-electron chi connectivity index (χ3n) is 0.699. The zero-order valence-electron chi connectivity index (χ0n) is 5.53. The third kappa shape index (κ3) is 6.20. The Hall–Kier alpha value is 3.97. The van der Waals surface area contributed by atoms with E-state index in [9.17, 15) is 4.57 Å². The number of hydrogen-bond donors (Lipinski definition) is 0. The minimum absolute atomic E-state index is 0.0668. The van der Waals surface area contributed by atoms with Crippen LogP contribution in [0.2, 0.25) is 0 Å². The highest BCUT2D eigenvalue weighted by atomic mass is 33.2. The van der Waals surface area contributed by atoms with Gasteiger partial charge in [-0.15, -0.1) is 44.6 Å². The van der Waals surface area contributed by atoms with Crippen molar-refractivity contribution in [3.05, 3.63) is 0 Å². The van der Waals surface area contributed by atoms with Crippen molar-refractivity contribution < 1.29 is 4.57 Å². The summed E-state index contributed by atoms with van der Waals surface area (Å²) < 4.78 is 10.8. The van der Waals surface area contributed by atoms with Crippen LogP contribution in [0.1, 0.15) is 0 Å². The summed E-state index contributed by atoms with van der Waals surface area (Å²) in [6.45, 7) is -0.636. The van der Waals surface area contributed by atoms with Gasteiger partial charge in [0.05, 0.1) is 6.99 Å². The van der Waals surface area contributed by atoms with Crippen molar-refractivity contribution in [3.8, 4) is 0 Å². The van der Waals surface area contributed by atoms with Gasteiger partial charge >= 0.3 is 0 Å². The standard InChI is InChI=1S/H10OP10/c1-7-11(9(4)5)10(6)8(2)3/h2-6H2. The molecule has 0 aliphatic rings. The zero-order chi connectivity index (χ0) is 9.02. The molecule has 11 heavy (non-hydrogen) atoms. The van der Waals surface area contributed by atoms with E-state index in [0.717, 1.165) is 0 Å². The summed E-state index contributed by atoms with van der Waals surface area (Å²) in [6, 6.07) is 0. The van der Waals surface area contributed by atoms with E-state index in [0.29, 0.717) is 8.15 Å². The first kappa shape index (κ1) is 15.0. The van der Waals surface area contributed by atoms with Crippen molar-refractivity contribution in [1.82, 2.24) is 0 Å². The monoisotopic (exact) mass is 336 g/mol. The van der Waals surface area contributed by atoms with Crippen molar-refractivity contribution in [2.75, 3.05) is 0 Å². The maximum absolute atomic E-state index is 10.8. The molecule has 0 heterocycles. The van der Waals surface area contributed by atoms with Crippen LogP contribution in [0.5, 0.6) is 0 Å². The van der Waals surface area contributed by atoms with Crippen LogP contribution in [-0.4, -0.2) is 0 Å². The molecular formula is H10OP10. The van der Waals surface area contributed by atoms with Gasteiger partial charge in [0.15, 0.2) is 8.15 Å². The minimum atomic E-state index is -0.296. The average molecular weight is 336 g/mol. The van der Waals surface area contributed by atoms with Crippen LogP contribution in [0.3, 0.4) is 0 Å². The van der Waals surface area contributed by atoms with Gasteiger partial charge in [0.1, 0.15) is 0 Å². The fourth-order valence-corrected chi connectivity index (χ4v) is 54.6. The average Bonchev–Trinajstić information content (AvgIpc) is 1.88. The van der Waals surface area contributed by atoms with Gasteiger partial charge in [-0.2, -0.15) is 0 Å². The molecule has 0 fully saturated rings. The largest absolute Gasteiger partial charge is 0.269 e. The van der Waals surface area contributed by atoms with Gasteiger partial charge < -0.3 is 0 Å². The predicted octanol–water partition coefficient (Wildman–Crippen LogP) is 5.82. The Morgan fingerprint density at radius 1 is 0.909 bits per heavy atom. The lowest BCUT2D eigenvalue weighted by Crippen LogP contribution is -1.38. The molecule has 7 unspecified atom stereocenters. The second-order valence-corrected chi connectivity index (χ2v) is 37.2. The molecular weight excluding hydrogens is 326 g/mol. The van der Waals surface area contributed by atoms with Crippen molar-refractivity contribution in [2.45, 2.75) is 0 Å². The molecule has 66 valence electrons. The summed E-state index contributed by atoms with van der Waals surface area (Å²) in [6.07, 6.45) is 0. The van der Waals surface area contributed by atoms with Crippen molar-refractivity contribution in [2.24, 2.45) is 0 Å². The van der Waals surface area contributed by atoms with Crippen LogP contribution in [0.15, 0.2) is 0 Å². The second-order valence-electron chi connectivity index (χ2n) is 1.43. The molecule has 0 aromatic carbocycles. The van der Waals surface area contributed by atoms with Crippen molar-refractivity contribution in [1.29, 1.82) is 0 Å². The van der Waals surface area contributed by atoms with Crippen LogP contribution in [-0.2, 0) is 4.57 Å². The van der Waals surface area contributed by atoms with Crippen LogP contribution >= 0.6 is 80.7 Å². The SMILES string of the molecule is O=PP(P(P)P)P(P)P(P)P. The van der Waals surface area contributed by atoms with Gasteiger partial charge in [0.2, 0.25) is 0 Å². The first-order valence-electron chi connectivity index (χ1n) is 2.27. The summed E-state index contributed by atoms with van der Waals surface area (Å²) in [5.41, 5.74) is 0. The number of rotatable bonds is 4. The molecule has 0 aromatic rings. The molecule has 0 spiro atoms. The molecule has 0 aliphatic heterocycles. The Bertz CT molecular complexity index is 116. The van der Waals surface area contributed by atoms with E-state index < -0.39 is 0 Å². The molecule has 0 amide bonds. The Morgan fingerprint density at radius 2 is 1.36 bits per heavy atom. The maximum Gasteiger partial charge on any atom is 0.192 e. The van der Waals surface area contributed by atoms with Gasteiger partial charge in [-0.05, 0) is 21.0 Å². The van der Waals surface area contributed by atoms with Gasteiger partial charge in [-0.3, -0.25) is 4.57 Å². The van der Waals surface area contributed by atoms with Crippen LogP contribution < -0.4 is 0 Å². The van der Waals surface area contributed by atoms with E-state index in [-0.39, 0.29) is 27.9 Å². The molecule has 0 saturated heterocycles. The molecule has 0 aliphatic carbocycles. The smallest absolute Gasteiger partial charge is 0.192 e. The van der Waals surface area contributed by atoms with Gasteiger partial charge in [-0.25, -0.2) is 0 Å². The molecule has 0 saturated carbocycles. The lowest BCUT2D eigenvalue weighted by atomic mass is 16.0. The van der Waals surface area contributed by atoms with E-state index in [1.54, 1.807) is 0 Å². The molecule has 11 heteroatoms. The van der Waals surface area contributed by atoms with Crippen LogP contribution in [0.4, 0.5) is 0 Å². The summed E-state index contributed by atoms with van der Waals surface area (Å²) in [5.74, 6) is 0. The highest BCUT2D eigenvalue weighted by Gasteiger charge is 2.23. The fourth-order valence-electron chi connectivity index (χ4n) is 0.278. The molecule has 7 atom stereocenters. The molecule has 0 aromatic heterocycles. The Labute approximate surface area is 85.2 Å². The molecule has 0 bridgehead atoms. The summed E-state index contributed by atoms with van der Waals surface area (Å²) in [7, 11) is 14.4. The van der Waals surface area contributed by atoms with Crippen LogP contribution in [0, 0.1) is 0 Å². The van der Waals surface area contributed by atoms with Gasteiger partial charge in [0.25, 0.3) is 0 Å². The zero-order valence-corrected chi connectivity index (χ0v) is 15.8. The highest BCUT2D eigenvalue weighted by molar-refractivity contribution is 9.14. The van der Waals surface area contributed by atoms with E-state index in [2.05, 4.69) is 44.6 Å². The lowest BCUT2D eigenvalue weighted by molar-refractivity contribution is 0.605. The third-order valence-corrected chi connectivity index (χ3v) is 52.7. The topological polar surface area (TPSA) is 17.1 Å². The fraction of sp³-hybridized carbons (Fsp3) is 0. The van der Waals surface area contributed by atoms with Gasteiger partial charge in [-0.1, -0.05) is 0 Å². The van der Waals surface area contributed by atoms with E-state index in [1.807, 2.05) is 0 Å². The minimum Gasteiger partial charge on any atom is -0.269 e. The van der Waals surface area contributed by atoms with E-state index in [4.69, 9.17) is 0 Å². The summed E-state index contributed by atoms with van der Waals surface area (Å²) >= 11 is 0. The Kier molecular flexibility index (Phi) is 11.1. The molecule has 0 radical (unpaired) electrons. The summed E-state index contributed by atoms with van der Waals surface area (Å²) in [4.78, 5) is 0. The van der Waals surface area contributed by atoms with Crippen LogP contribution in [0.25, 0.3) is 0 Å². The molecule has 1 nitrogen and oxygen atoms in total. The van der Waals surface area contributed by atoms with Gasteiger partial charge in [0, 0.05) is 0 Å². The molecule has 0 N–H and O–H groups in total. The first-order valence-corrected chi connectivity index (χ1v) is 19.4. The van der Waals surface area contributed by atoms with E-state index >= 15 is 0 Å². The van der Waals surface area contributed by atoms with E-state index in [1.165, 1.54) is 0 Å². The maximum atomic E-state index is 10.8. The second kappa shape index (κ2) is 8.16. The Balaban J connectivity index is 4.13. The number of hydrogen-bond acceptors (Lipinski definition) is 1. The predicted molar refractivity (Wildman–Crippen MR) is 83.8 cm³/mol. The van der Waals surface area contributed by atoms with Crippen molar-refractivity contribution >= 4 is 80.7 Å². The normalized spacial score (nSPS) is 17.7.